The molecular weight excluding hydrogens is 285 g/mol. The zero-order valence-corrected chi connectivity index (χ0v) is 12.8. The Morgan fingerprint density at radius 3 is 2.91 bits per heavy atom. The average Bonchev–Trinajstić information content (AvgIpc) is 3.24. The van der Waals surface area contributed by atoms with Gasteiger partial charge in [0.2, 0.25) is 0 Å². The van der Waals surface area contributed by atoms with E-state index in [0.717, 1.165) is 5.56 Å². The number of nitrogens with one attached hydrogen (secondary N) is 1. The summed E-state index contributed by atoms with van der Waals surface area (Å²) in [5, 5.41) is 15.0. The van der Waals surface area contributed by atoms with Crippen LogP contribution in [0.3, 0.4) is 0 Å². The van der Waals surface area contributed by atoms with Gasteiger partial charge in [0.1, 0.15) is 0 Å². The van der Waals surface area contributed by atoms with Crippen molar-refractivity contribution in [2.75, 3.05) is 6.61 Å². The Kier molecular flexibility index (Phi) is 4.33. The summed E-state index contributed by atoms with van der Waals surface area (Å²) < 4.78 is 19.6. The highest BCUT2D eigenvalue weighted by Crippen LogP contribution is 2.30. The fraction of sp³-hybridized carbons (Fsp3) is 0.533. The predicted octanol–water partition coefficient (Wildman–Crippen LogP) is 1.99. The standard InChI is InChI=1S/C15H20FN5O/c1-10(17-8-15-18-20-21(2)19-15)12-5-6-14(13(16)7-12)22-9-11-3-4-11/h5-7,10-11,17H,3-4,8-9H2,1-2H3. The molecule has 0 saturated heterocycles. The van der Waals surface area contributed by atoms with Crippen molar-refractivity contribution < 1.29 is 9.13 Å². The van der Waals surface area contributed by atoms with Crippen LogP contribution in [0.1, 0.15) is 37.2 Å². The molecule has 0 bridgehead atoms. The van der Waals surface area contributed by atoms with Gasteiger partial charge < -0.3 is 10.1 Å². The van der Waals surface area contributed by atoms with Crippen LogP contribution in [0.5, 0.6) is 5.75 Å². The molecule has 1 heterocycles. The number of halogens is 1. The van der Waals surface area contributed by atoms with Crippen LogP contribution in [0.25, 0.3) is 0 Å². The van der Waals surface area contributed by atoms with Crippen LogP contribution >= 0.6 is 0 Å². The van der Waals surface area contributed by atoms with Crippen molar-refractivity contribution in [1.29, 1.82) is 0 Å². The van der Waals surface area contributed by atoms with Crippen LogP contribution in [0.4, 0.5) is 4.39 Å². The molecule has 3 rings (SSSR count). The maximum Gasteiger partial charge on any atom is 0.188 e. The highest BCUT2D eigenvalue weighted by atomic mass is 19.1. The lowest BCUT2D eigenvalue weighted by molar-refractivity contribution is 0.285. The van der Waals surface area contributed by atoms with E-state index in [1.807, 2.05) is 13.0 Å². The third-order valence-electron chi connectivity index (χ3n) is 3.74. The Hall–Kier alpha value is -2.02. The first kappa shape index (κ1) is 14.9. The Morgan fingerprint density at radius 1 is 1.45 bits per heavy atom. The Balaban J connectivity index is 1.56. The van der Waals surface area contributed by atoms with Crippen LogP contribution in [-0.2, 0) is 13.6 Å². The molecule has 1 atom stereocenters. The second-order valence-electron chi connectivity index (χ2n) is 5.74. The highest BCUT2D eigenvalue weighted by molar-refractivity contribution is 5.31. The average molecular weight is 305 g/mol. The molecular formula is C15H20FN5O. The first-order valence-corrected chi connectivity index (χ1v) is 7.50. The quantitative estimate of drug-likeness (QED) is 0.847. The number of rotatable bonds is 7. The van der Waals surface area contributed by atoms with Crippen molar-refractivity contribution in [3.8, 4) is 5.75 Å². The summed E-state index contributed by atoms with van der Waals surface area (Å²) in [6.07, 6.45) is 2.38. The van der Waals surface area contributed by atoms with E-state index in [1.165, 1.54) is 23.7 Å². The topological polar surface area (TPSA) is 64.9 Å². The number of aryl methyl sites for hydroxylation is 1. The van der Waals surface area contributed by atoms with Crippen LogP contribution in [0, 0.1) is 11.7 Å². The van der Waals surface area contributed by atoms with Gasteiger partial charge in [-0.15, -0.1) is 10.2 Å². The molecule has 1 N–H and O–H groups in total. The van der Waals surface area contributed by atoms with Gasteiger partial charge in [0.25, 0.3) is 0 Å². The largest absolute Gasteiger partial charge is 0.490 e. The summed E-state index contributed by atoms with van der Waals surface area (Å²) >= 11 is 0. The lowest BCUT2D eigenvalue weighted by atomic mass is 10.1. The minimum absolute atomic E-state index is 0.0178. The van der Waals surface area contributed by atoms with Gasteiger partial charge in [-0.05, 0) is 48.6 Å². The smallest absolute Gasteiger partial charge is 0.188 e. The third-order valence-corrected chi connectivity index (χ3v) is 3.74. The summed E-state index contributed by atoms with van der Waals surface area (Å²) in [7, 11) is 1.72. The van der Waals surface area contributed by atoms with Crippen LogP contribution in [0.15, 0.2) is 18.2 Å². The van der Waals surface area contributed by atoms with Gasteiger partial charge in [-0.25, -0.2) is 4.39 Å². The Morgan fingerprint density at radius 2 is 2.27 bits per heavy atom. The first-order chi connectivity index (χ1) is 10.6. The SMILES string of the molecule is CC(NCc1nnn(C)n1)c1ccc(OCC2CC2)c(F)c1. The molecule has 1 aromatic carbocycles. The molecule has 7 heteroatoms. The van der Waals surface area contributed by atoms with Crippen molar-refractivity contribution >= 4 is 0 Å². The highest BCUT2D eigenvalue weighted by Gasteiger charge is 2.22. The van der Waals surface area contributed by atoms with Gasteiger partial charge in [0.15, 0.2) is 17.4 Å². The zero-order chi connectivity index (χ0) is 15.5. The van der Waals surface area contributed by atoms with Gasteiger partial charge in [0, 0.05) is 6.04 Å². The summed E-state index contributed by atoms with van der Waals surface area (Å²) in [4.78, 5) is 1.41. The molecule has 2 aromatic rings. The number of benzene rings is 1. The molecule has 1 unspecified atom stereocenters. The normalized spacial score (nSPS) is 15.8. The van der Waals surface area contributed by atoms with E-state index in [1.54, 1.807) is 13.1 Å². The van der Waals surface area contributed by atoms with Crippen molar-refractivity contribution in [3.05, 3.63) is 35.4 Å². The minimum atomic E-state index is -0.315. The van der Waals surface area contributed by atoms with Gasteiger partial charge in [-0.3, -0.25) is 0 Å². The molecule has 0 aliphatic heterocycles. The number of tetrazole rings is 1. The summed E-state index contributed by atoms with van der Waals surface area (Å²) in [6.45, 7) is 3.06. The van der Waals surface area contributed by atoms with Crippen molar-refractivity contribution in [2.45, 2.75) is 32.4 Å². The maximum absolute atomic E-state index is 14.1. The van der Waals surface area contributed by atoms with Crippen molar-refractivity contribution in [3.63, 3.8) is 0 Å². The van der Waals surface area contributed by atoms with E-state index >= 15 is 0 Å². The van der Waals surface area contributed by atoms with E-state index in [9.17, 15) is 4.39 Å². The molecule has 1 saturated carbocycles. The zero-order valence-electron chi connectivity index (χ0n) is 12.8. The van der Waals surface area contributed by atoms with Gasteiger partial charge in [-0.1, -0.05) is 6.07 Å². The first-order valence-electron chi connectivity index (χ1n) is 7.50. The summed E-state index contributed by atoms with van der Waals surface area (Å²) in [5.41, 5.74) is 0.861. The molecule has 118 valence electrons. The summed E-state index contributed by atoms with van der Waals surface area (Å²) in [6, 6.07) is 5.08. The fourth-order valence-corrected chi connectivity index (χ4v) is 2.15. The summed E-state index contributed by atoms with van der Waals surface area (Å²) in [5.74, 6) is 1.24. The second-order valence-corrected chi connectivity index (χ2v) is 5.74. The van der Waals surface area contributed by atoms with E-state index < -0.39 is 0 Å². The Bertz CT molecular complexity index is 641. The number of hydrogen-bond acceptors (Lipinski definition) is 5. The predicted molar refractivity (Wildman–Crippen MR) is 78.7 cm³/mol. The second kappa shape index (κ2) is 6.39. The van der Waals surface area contributed by atoms with Crippen molar-refractivity contribution in [1.82, 2.24) is 25.5 Å². The van der Waals surface area contributed by atoms with Crippen LogP contribution in [-0.4, -0.2) is 26.8 Å². The minimum Gasteiger partial charge on any atom is -0.490 e. The number of nitrogens with zero attached hydrogens (tertiary/aromatic N) is 4. The number of hydrogen-bond donors (Lipinski definition) is 1. The van der Waals surface area contributed by atoms with Gasteiger partial charge in [-0.2, -0.15) is 4.80 Å². The molecule has 1 aromatic heterocycles. The van der Waals surface area contributed by atoms with Gasteiger partial charge in [0.05, 0.1) is 20.2 Å². The number of ether oxygens (including phenoxy) is 1. The van der Waals surface area contributed by atoms with Gasteiger partial charge >= 0.3 is 0 Å². The molecule has 22 heavy (non-hydrogen) atoms. The van der Waals surface area contributed by atoms with Crippen LogP contribution < -0.4 is 10.1 Å². The molecule has 0 radical (unpaired) electrons. The molecule has 0 spiro atoms. The third kappa shape index (κ3) is 3.79. The monoisotopic (exact) mass is 305 g/mol. The molecule has 0 amide bonds. The van der Waals surface area contributed by atoms with E-state index in [2.05, 4.69) is 20.7 Å². The number of aromatic nitrogens is 4. The lowest BCUT2D eigenvalue weighted by Crippen LogP contribution is -2.19. The Labute approximate surface area is 128 Å². The van der Waals surface area contributed by atoms with E-state index in [-0.39, 0.29) is 11.9 Å². The maximum atomic E-state index is 14.1. The molecule has 1 aliphatic carbocycles. The van der Waals surface area contributed by atoms with E-state index in [0.29, 0.717) is 30.6 Å². The molecule has 1 fully saturated rings. The van der Waals surface area contributed by atoms with Crippen molar-refractivity contribution in [2.24, 2.45) is 13.0 Å². The van der Waals surface area contributed by atoms with Crippen LogP contribution in [0.2, 0.25) is 0 Å². The fourth-order valence-electron chi connectivity index (χ4n) is 2.15. The molecule has 1 aliphatic rings. The molecule has 6 nitrogen and oxygen atoms in total. The van der Waals surface area contributed by atoms with E-state index in [4.69, 9.17) is 4.74 Å². The lowest BCUT2D eigenvalue weighted by Gasteiger charge is -2.14.